The Labute approximate surface area is 149 Å². The first kappa shape index (κ1) is 18.9. The maximum Gasteiger partial charge on any atom is 0.220 e. The normalized spacial score (nSPS) is 12.0. The van der Waals surface area contributed by atoms with Gasteiger partial charge in [0, 0.05) is 31.0 Å². The number of ketones is 1. The molecule has 1 atom stereocenters. The van der Waals surface area contributed by atoms with Gasteiger partial charge in [-0.25, -0.2) is 0 Å². The Balaban J connectivity index is 1.78. The van der Waals surface area contributed by atoms with Crippen molar-refractivity contribution in [3.63, 3.8) is 0 Å². The molecular formula is C21H26N2O2. The Hall–Kier alpha value is -2.46. The number of amides is 1. The lowest BCUT2D eigenvalue weighted by Crippen LogP contribution is -2.41. The van der Waals surface area contributed by atoms with Crippen LogP contribution in [0.4, 0.5) is 0 Å². The molecule has 0 saturated carbocycles. The first-order valence-electron chi connectivity index (χ1n) is 8.61. The van der Waals surface area contributed by atoms with Crippen molar-refractivity contribution >= 4 is 11.7 Å². The summed E-state index contributed by atoms with van der Waals surface area (Å²) < 4.78 is 0. The molecule has 4 nitrogen and oxygen atoms in total. The summed E-state index contributed by atoms with van der Waals surface area (Å²) in [6.45, 7) is 0.570. The number of rotatable bonds is 9. The van der Waals surface area contributed by atoms with Crippen LogP contribution in [0.2, 0.25) is 0 Å². The van der Waals surface area contributed by atoms with Gasteiger partial charge in [-0.1, -0.05) is 60.7 Å². The maximum absolute atomic E-state index is 12.1. The Morgan fingerprint density at radius 2 is 1.52 bits per heavy atom. The maximum atomic E-state index is 12.1. The van der Waals surface area contributed by atoms with Crippen molar-refractivity contribution in [3.8, 4) is 0 Å². The molecule has 0 aliphatic heterocycles. The molecule has 1 N–H and O–H groups in total. The van der Waals surface area contributed by atoms with Crippen LogP contribution in [0.1, 0.15) is 28.8 Å². The van der Waals surface area contributed by atoms with E-state index in [1.807, 2.05) is 50.5 Å². The number of Topliss-reactive ketones (excluding diaryl/α,β-unsaturated/α-hetero) is 1. The molecule has 0 fully saturated rings. The highest BCUT2D eigenvalue weighted by molar-refractivity contribution is 5.97. The lowest BCUT2D eigenvalue weighted by molar-refractivity contribution is -0.121. The summed E-state index contributed by atoms with van der Waals surface area (Å²) in [4.78, 5) is 26.2. The van der Waals surface area contributed by atoms with Crippen LogP contribution in [0.25, 0.3) is 0 Å². The molecule has 2 aromatic rings. The predicted molar refractivity (Wildman–Crippen MR) is 101 cm³/mol. The second-order valence-corrected chi connectivity index (χ2v) is 6.40. The van der Waals surface area contributed by atoms with E-state index in [2.05, 4.69) is 22.3 Å². The van der Waals surface area contributed by atoms with Crippen LogP contribution in [0.5, 0.6) is 0 Å². The van der Waals surface area contributed by atoms with Gasteiger partial charge in [0.25, 0.3) is 0 Å². The fourth-order valence-electron chi connectivity index (χ4n) is 2.64. The van der Waals surface area contributed by atoms with Crippen LogP contribution in [-0.4, -0.2) is 43.3 Å². The van der Waals surface area contributed by atoms with Crippen LogP contribution >= 0.6 is 0 Å². The molecule has 0 aromatic heterocycles. The standard InChI is InChI=1S/C21H26N2O2/c1-23(2)19(15-17-9-5-3-6-10-17)16-22-21(25)14-13-20(24)18-11-7-4-8-12-18/h3-12,19H,13-16H2,1-2H3,(H,22,25)/t19-/m1/s1. The van der Waals surface area contributed by atoms with Crippen LogP contribution in [0.15, 0.2) is 60.7 Å². The van der Waals surface area contributed by atoms with E-state index in [-0.39, 0.29) is 30.6 Å². The van der Waals surface area contributed by atoms with Gasteiger partial charge < -0.3 is 10.2 Å². The minimum Gasteiger partial charge on any atom is -0.355 e. The van der Waals surface area contributed by atoms with Gasteiger partial charge in [0.2, 0.25) is 5.91 Å². The number of carbonyl (C=O) groups is 2. The third kappa shape index (κ3) is 6.51. The van der Waals surface area contributed by atoms with Gasteiger partial charge in [-0.05, 0) is 26.1 Å². The highest BCUT2D eigenvalue weighted by Gasteiger charge is 2.14. The summed E-state index contributed by atoms with van der Waals surface area (Å²) in [5, 5.41) is 2.96. The van der Waals surface area contributed by atoms with Crippen molar-refractivity contribution in [1.29, 1.82) is 0 Å². The van der Waals surface area contributed by atoms with E-state index in [4.69, 9.17) is 0 Å². The molecule has 0 bridgehead atoms. The summed E-state index contributed by atoms with van der Waals surface area (Å²) >= 11 is 0. The molecule has 132 valence electrons. The Bertz CT molecular complexity index is 669. The summed E-state index contributed by atoms with van der Waals surface area (Å²) in [6.07, 6.45) is 1.33. The molecule has 0 saturated heterocycles. The molecule has 0 unspecified atom stereocenters. The highest BCUT2D eigenvalue weighted by atomic mass is 16.2. The van der Waals surface area contributed by atoms with E-state index in [9.17, 15) is 9.59 Å². The molecule has 0 aliphatic carbocycles. The number of hydrogen-bond acceptors (Lipinski definition) is 3. The van der Waals surface area contributed by atoms with E-state index in [0.29, 0.717) is 12.1 Å². The predicted octanol–water partition coefficient (Wildman–Crippen LogP) is 2.94. The van der Waals surface area contributed by atoms with Gasteiger partial charge >= 0.3 is 0 Å². The lowest BCUT2D eigenvalue weighted by Gasteiger charge is -2.24. The van der Waals surface area contributed by atoms with Crippen LogP contribution < -0.4 is 5.32 Å². The SMILES string of the molecule is CN(C)[C@@H](CNC(=O)CCC(=O)c1ccccc1)Cc1ccccc1. The molecule has 25 heavy (non-hydrogen) atoms. The van der Waals surface area contributed by atoms with E-state index in [1.165, 1.54) is 5.56 Å². The average Bonchev–Trinajstić information content (AvgIpc) is 2.64. The summed E-state index contributed by atoms with van der Waals surface area (Å²) in [6, 6.07) is 19.6. The largest absolute Gasteiger partial charge is 0.355 e. The number of nitrogens with one attached hydrogen (secondary N) is 1. The number of benzene rings is 2. The second-order valence-electron chi connectivity index (χ2n) is 6.40. The van der Waals surface area contributed by atoms with E-state index < -0.39 is 0 Å². The third-order valence-electron chi connectivity index (χ3n) is 4.25. The van der Waals surface area contributed by atoms with Crippen molar-refractivity contribution in [2.45, 2.75) is 25.3 Å². The number of nitrogens with zero attached hydrogens (tertiary/aromatic N) is 1. The van der Waals surface area contributed by atoms with Gasteiger partial charge in [-0.3, -0.25) is 9.59 Å². The minimum atomic E-state index is -0.0795. The number of hydrogen-bond donors (Lipinski definition) is 1. The zero-order valence-electron chi connectivity index (χ0n) is 14.9. The van der Waals surface area contributed by atoms with Crippen molar-refractivity contribution < 1.29 is 9.59 Å². The minimum absolute atomic E-state index is 0.00388. The average molecular weight is 338 g/mol. The molecule has 4 heteroatoms. The molecule has 0 spiro atoms. The Kier molecular flexibility index (Phi) is 7.36. The summed E-state index contributed by atoms with van der Waals surface area (Å²) in [5.41, 5.74) is 1.90. The van der Waals surface area contributed by atoms with Crippen molar-refractivity contribution in [2.75, 3.05) is 20.6 Å². The molecule has 0 aliphatic rings. The van der Waals surface area contributed by atoms with Gasteiger partial charge in [-0.15, -0.1) is 0 Å². The molecule has 1 amide bonds. The van der Waals surface area contributed by atoms with Crippen molar-refractivity contribution in [2.24, 2.45) is 0 Å². The Morgan fingerprint density at radius 3 is 2.12 bits per heavy atom. The highest BCUT2D eigenvalue weighted by Crippen LogP contribution is 2.07. The quantitative estimate of drug-likeness (QED) is 0.715. The second kappa shape index (κ2) is 9.74. The van der Waals surface area contributed by atoms with E-state index in [0.717, 1.165) is 6.42 Å². The number of likely N-dealkylation sites (N-methyl/N-ethyl adjacent to an activating group) is 1. The summed E-state index contributed by atoms with van der Waals surface area (Å²) in [5.74, 6) is -0.0756. The lowest BCUT2D eigenvalue weighted by atomic mass is 10.0. The van der Waals surface area contributed by atoms with Crippen LogP contribution in [0, 0.1) is 0 Å². The molecule has 2 rings (SSSR count). The molecule has 0 radical (unpaired) electrons. The van der Waals surface area contributed by atoms with Gasteiger partial charge in [0.15, 0.2) is 5.78 Å². The fourth-order valence-corrected chi connectivity index (χ4v) is 2.64. The van der Waals surface area contributed by atoms with Crippen LogP contribution in [0.3, 0.4) is 0 Å². The van der Waals surface area contributed by atoms with E-state index in [1.54, 1.807) is 12.1 Å². The smallest absolute Gasteiger partial charge is 0.220 e. The number of carbonyl (C=O) groups excluding carboxylic acids is 2. The van der Waals surface area contributed by atoms with Gasteiger partial charge in [-0.2, -0.15) is 0 Å². The van der Waals surface area contributed by atoms with Crippen molar-refractivity contribution in [1.82, 2.24) is 10.2 Å². The van der Waals surface area contributed by atoms with E-state index >= 15 is 0 Å². The van der Waals surface area contributed by atoms with Crippen LogP contribution in [-0.2, 0) is 11.2 Å². The summed E-state index contributed by atoms with van der Waals surface area (Å²) in [7, 11) is 4.03. The van der Waals surface area contributed by atoms with Gasteiger partial charge in [0.05, 0.1) is 0 Å². The fraction of sp³-hybridized carbons (Fsp3) is 0.333. The third-order valence-corrected chi connectivity index (χ3v) is 4.25. The van der Waals surface area contributed by atoms with Gasteiger partial charge in [0.1, 0.15) is 0 Å². The molecule has 2 aromatic carbocycles. The zero-order valence-corrected chi connectivity index (χ0v) is 14.9. The first-order chi connectivity index (χ1) is 12.1. The molecule has 0 heterocycles. The first-order valence-corrected chi connectivity index (χ1v) is 8.61. The van der Waals surface area contributed by atoms with Crippen molar-refractivity contribution in [3.05, 3.63) is 71.8 Å². The monoisotopic (exact) mass is 338 g/mol. The topological polar surface area (TPSA) is 49.4 Å². The zero-order chi connectivity index (χ0) is 18.1. The Morgan fingerprint density at radius 1 is 0.920 bits per heavy atom. The molecular weight excluding hydrogens is 312 g/mol.